The van der Waals surface area contributed by atoms with E-state index in [1.54, 1.807) is 40.9 Å². The minimum Gasteiger partial charge on any atom is -0.453 e. The SMILES string of the molecule is COC(=O)N1CC[C@@H](n2cc(-c3cnc(-n4ncc5cc(C#N)cnc54)cc3NC3CC3)nn2)[C@](C)(O)C1. The van der Waals surface area contributed by atoms with E-state index in [9.17, 15) is 9.90 Å². The fraction of sp³-hybridized carbons (Fsp3) is 0.400. The Morgan fingerprint density at radius 3 is 2.82 bits per heavy atom. The second-order valence-electron chi connectivity index (χ2n) is 9.95. The minimum atomic E-state index is -1.21. The smallest absolute Gasteiger partial charge is 0.409 e. The number of nitrogens with zero attached hydrogens (tertiary/aromatic N) is 9. The van der Waals surface area contributed by atoms with Crippen LogP contribution in [0.5, 0.6) is 0 Å². The van der Waals surface area contributed by atoms with Gasteiger partial charge >= 0.3 is 6.09 Å². The lowest BCUT2D eigenvalue weighted by molar-refractivity contribution is -0.0559. The summed E-state index contributed by atoms with van der Waals surface area (Å²) in [6.07, 6.45) is 8.90. The predicted octanol–water partition coefficient (Wildman–Crippen LogP) is 2.28. The standard InChI is InChI=1S/C25H26N10O3/c1-25(37)14-33(24(36)38-2)6-5-21(25)34-13-20(31-32-34)18-12-27-22(8-19(18)30-17-3-4-17)35-23-16(11-29-35)7-15(9-26)10-28-23/h7-8,10-13,17,21,37H,3-6,14H2,1-2H3,(H,27,30)/t21-,25-/m1/s1. The molecular formula is C25H26N10O3. The van der Waals surface area contributed by atoms with Crippen LogP contribution in [0.1, 0.15) is 37.8 Å². The Morgan fingerprint density at radius 2 is 2.08 bits per heavy atom. The molecule has 38 heavy (non-hydrogen) atoms. The van der Waals surface area contributed by atoms with E-state index in [4.69, 9.17) is 10.00 Å². The number of methoxy groups -OCH3 is 1. The number of carbonyl (C=O) groups excluding carboxylic acids is 1. The molecule has 1 saturated heterocycles. The molecule has 1 saturated carbocycles. The zero-order chi connectivity index (χ0) is 26.4. The molecule has 6 rings (SSSR count). The molecule has 194 valence electrons. The topological polar surface area (TPSA) is 160 Å². The first-order valence-corrected chi connectivity index (χ1v) is 12.3. The normalized spacial score (nSPS) is 21.3. The molecule has 4 aromatic heterocycles. The molecule has 2 atom stereocenters. The van der Waals surface area contributed by atoms with Gasteiger partial charge in [-0.05, 0) is 32.3 Å². The summed E-state index contributed by atoms with van der Waals surface area (Å²) < 4.78 is 8.11. The number of fused-ring (bicyclic) bond motifs is 1. The highest BCUT2D eigenvalue weighted by Gasteiger charge is 2.42. The Morgan fingerprint density at radius 1 is 1.24 bits per heavy atom. The predicted molar refractivity (Wildman–Crippen MR) is 135 cm³/mol. The fourth-order valence-electron chi connectivity index (χ4n) is 4.90. The molecular weight excluding hydrogens is 488 g/mol. The van der Waals surface area contributed by atoms with Gasteiger partial charge in [-0.2, -0.15) is 15.0 Å². The van der Waals surface area contributed by atoms with Crippen molar-refractivity contribution in [3.05, 3.63) is 42.5 Å². The van der Waals surface area contributed by atoms with Crippen molar-refractivity contribution in [2.24, 2.45) is 0 Å². The van der Waals surface area contributed by atoms with Gasteiger partial charge in [0, 0.05) is 47.7 Å². The zero-order valence-electron chi connectivity index (χ0n) is 20.9. The molecule has 0 aromatic carbocycles. The first-order chi connectivity index (χ1) is 18.4. The fourth-order valence-corrected chi connectivity index (χ4v) is 4.90. The lowest BCUT2D eigenvalue weighted by Gasteiger charge is -2.41. The second-order valence-corrected chi connectivity index (χ2v) is 9.95. The van der Waals surface area contributed by atoms with E-state index in [-0.39, 0.29) is 12.6 Å². The van der Waals surface area contributed by atoms with Crippen molar-refractivity contribution in [1.82, 2.24) is 39.6 Å². The van der Waals surface area contributed by atoms with Crippen LogP contribution in [0.2, 0.25) is 0 Å². The van der Waals surface area contributed by atoms with Gasteiger partial charge in [-0.1, -0.05) is 5.21 Å². The molecule has 5 heterocycles. The van der Waals surface area contributed by atoms with Gasteiger partial charge in [0.2, 0.25) is 0 Å². The highest BCUT2D eigenvalue weighted by molar-refractivity contribution is 5.79. The molecule has 4 aromatic rings. The Hall–Kier alpha value is -4.57. The van der Waals surface area contributed by atoms with Crippen molar-refractivity contribution < 1.29 is 14.6 Å². The monoisotopic (exact) mass is 514 g/mol. The maximum Gasteiger partial charge on any atom is 0.409 e. The highest BCUT2D eigenvalue weighted by Crippen LogP contribution is 2.35. The molecule has 1 aliphatic heterocycles. The third kappa shape index (κ3) is 4.28. The summed E-state index contributed by atoms with van der Waals surface area (Å²) in [5.41, 5.74) is 2.08. The van der Waals surface area contributed by atoms with Gasteiger partial charge in [-0.15, -0.1) is 5.10 Å². The van der Waals surface area contributed by atoms with Crippen molar-refractivity contribution in [3.63, 3.8) is 0 Å². The number of hydrogen-bond acceptors (Lipinski definition) is 10. The summed E-state index contributed by atoms with van der Waals surface area (Å²) in [5, 5.41) is 37.8. The maximum atomic E-state index is 12.0. The number of hydrogen-bond donors (Lipinski definition) is 2. The van der Waals surface area contributed by atoms with Gasteiger partial charge < -0.3 is 20.1 Å². The van der Waals surface area contributed by atoms with Crippen LogP contribution >= 0.6 is 0 Å². The first kappa shape index (κ1) is 23.8. The van der Waals surface area contributed by atoms with Crippen molar-refractivity contribution in [1.29, 1.82) is 5.26 Å². The van der Waals surface area contributed by atoms with Crippen LogP contribution in [0.4, 0.5) is 10.5 Å². The molecule has 0 unspecified atom stereocenters. The Labute approximate surface area is 217 Å². The number of likely N-dealkylation sites (tertiary alicyclic amines) is 1. The largest absolute Gasteiger partial charge is 0.453 e. The molecule has 2 aliphatic rings. The number of nitriles is 1. The van der Waals surface area contributed by atoms with E-state index in [1.165, 1.54) is 18.2 Å². The summed E-state index contributed by atoms with van der Waals surface area (Å²) in [5.74, 6) is 0.578. The molecule has 0 spiro atoms. The number of anilines is 1. The summed E-state index contributed by atoms with van der Waals surface area (Å²) in [6.45, 7) is 2.26. The number of β-amino-alcohol motifs (C(OH)–C–C–N with tert-alkyl or cyclic N) is 1. The number of piperidine rings is 1. The molecule has 1 amide bonds. The van der Waals surface area contributed by atoms with Gasteiger partial charge in [-0.3, -0.25) is 0 Å². The third-order valence-electron chi connectivity index (χ3n) is 7.02. The Balaban J connectivity index is 1.32. The van der Waals surface area contributed by atoms with Crippen LogP contribution in [0.3, 0.4) is 0 Å². The number of carbonyl (C=O) groups is 1. The van der Waals surface area contributed by atoms with Crippen molar-refractivity contribution in [3.8, 4) is 23.1 Å². The van der Waals surface area contributed by atoms with Gasteiger partial charge in [-0.25, -0.2) is 19.4 Å². The molecule has 0 bridgehead atoms. The third-order valence-corrected chi connectivity index (χ3v) is 7.02. The first-order valence-electron chi connectivity index (χ1n) is 12.3. The summed E-state index contributed by atoms with van der Waals surface area (Å²) in [6, 6.07) is 5.75. The number of rotatable bonds is 5. The Bertz CT molecular complexity index is 1570. The van der Waals surface area contributed by atoms with E-state index in [1.807, 2.05) is 6.07 Å². The van der Waals surface area contributed by atoms with E-state index in [0.717, 1.165) is 29.5 Å². The number of aliphatic hydroxyl groups is 1. The summed E-state index contributed by atoms with van der Waals surface area (Å²) >= 11 is 0. The van der Waals surface area contributed by atoms with Crippen molar-refractivity contribution in [2.75, 3.05) is 25.5 Å². The molecule has 1 aliphatic carbocycles. The molecule has 2 N–H and O–H groups in total. The van der Waals surface area contributed by atoms with Gasteiger partial charge in [0.05, 0.1) is 37.7 Å². The van der Waals surface area contributed by atoms with E-state index >= 15 is 0 Å². The maximum absolute atomic E-state index is 12.0. The number of nitrogens with one attached hydrogen (secondary N) is 1. The number of pyridine rings is 2. The van der Waals surface area contributed by atoms with Gasteiger partial charge in [0.15, 0.2) is 11.5 Å². The van der Waals surface area contributed by atoms with Crippen LogP contribution in [-0.2, 0) is 4.74 Å². The van der Waals surface area contributed by atoms with Crippen LogP contribution in [0.25, 0.3) is 28.1 Å². The molecule has 0 radical (unpaired) electrons. The second kappa shape index (κ2) is 9.07. The zero-order valence-corrected chi connectivity index (χ0v) is 20.9. The molecule has 13 heteroatoms. The highest BCUT2D eigenvalue weighted by atomic mass is 16.5. The molecule has 13 nitrogen and oxygen atoms in total. The van der Waals surface area contributed by atoms with Crippen LogP contribution in [0.15, 0.2) is 36.9 Å². The van der Waals surface area contributed by atoms with Crippen molar-refractivity contribution in [2.45, 2.75) is 43.9 Å². The average Bonchev–Trinajstić information content (AvgIpc) is 3.43. The number of aromatic nitrogens is 7. The quantitative estimate of drug-likeness (QED) is 0.404. The summed E-state index contributed by atoms with van der Waals surface area (Å²) in [7, 11) is 1.33. The number of ether oxygens (including phenoxy) is 1. The van der Waals surface area contributed by atoms with Crippen molar-refractivity contribution >= 4 is 22.8 Å². The van der Waals surface area contributed by atoms with E-state index in [0.29, 0.717) is 41.7 Å². The average molecular weight is 515 g/mol. The Kier molecular flexibility index (Phi) is 5.68. The minimum absolute atomic E-state index is 0.131. The van der Waals surface area contributed by atoms with Crippen LogP contribution < -0.4 is 5.32 Å². The summed E-state index contributed by atoms with van der Waals surface area (Å²) in [4.78, 5) is 22.5. The lowest BCUT2D eigenvalue weighted by atomic mass is 9.89. The van der Waals surface area contributed by atoms with E-state index < -0.39 is 11.7 Å². The van der Waals surface area contributed by atoms with Crippen LogP contribution in [0, 0.1) is 11.3 Å². The van der Waals surface area contributed by atoms with E-state index in [2.05, 4.69) is 36.8 Å². The van der Waals surface area contributed by atoms with Gasteiger partial charge in [0.25, 0.3) is 0 Å². The lowest BCUT2D eigenvalue weighted by Crippen LogP contribution is -2.54. The number of amides is 1. The molecule has 2 fully saturated rings. The van der Waals surface area contributed by atoms with Crippen LogP contribution in [-0.4, -0.2) is 82.7 Å². The van der Waals surface area contributed by atoms with Gasteiger partial charge in [0.1, 0.15) is 17.4 Å².